The lowest BCUT2D eigenvalue weighted by molar-refractivity contribution is 0.0780. The Kier molecular flexibility index (Phi) is 4.18. The number of carbonyl (C=O) groups excluding carboxylic acids is 1. The fourth-order valence-electron chi connectivity index (χ4n) is 2.16. The molecule has 0 radical (unpaired) electrons. The Balaban J connectivity index is 2.16. The Bertz CT molecular complexity index is 637. The normalized spacial score (nSPS) is 10.4. The summed E-state index contributed by atoms with van der Waals surface area (Å²) in [7, 11) is 1.68. The van der Waals surface area contributed by atoms with E-state index in [0.717, 1.165) is 16.7 Å². The molecule has 0 aliphatic heterocycles. The topological polar surface area (TPSA) is 20.3 Å². The number of aryl methyl sites for hydroxylation is 2. The van der Waals surface area contributed by atoms with Gasteiger partial charge in [0.2, 0.25) is 0 Å². The standard InChI is InChI=1S/C17H18FNO/c1-12-5-4-6-14(9-12)11-19(3)17(20)15-8-7-13(2)10-16(15)18/h4-10H,11H2,1-3H3. The molecule has 0 unspecified atom stereocenters. The van der Waals surface area contributed by atoms with Crippen molar-refractivity contribution in [2.75, 3.05) is 7.05 Å². The highest BCUT2D eigenvalue weighted by molar-refractivity contribution is 5.94. The smallest absolute Gasteiger partial charge is 0.256 e. The van der Waals surface area contributed by atoms with Gasteiger partial charge in [-0.1, -0.05) is 35.9 Å². The Labute approximate surface area is 118 Å². The van der Waals surface area contributed by atoms with Gasteiger partial charge in [-0.3, -0.25) is 4.79 Å². The number of carbonyl (C=O) groups is 1. The third kappa shape index (κ3) is 3.23. The summed E-state index contributed by atoms with van der Waals surface area (Å²) in [5.41, 5.74) is 3.10. The van der Waals surface area contributed by atoms with Gasteiger partial charge in [0.15, 0.2) is 0 Å². The molecule has 0 bridgehead atoms. The zero-order valence-corrected chi connectivity index (χ0v) is 12.0. The molecule has 0 aliphatic rings. The van der Waals surface area contributed by atoms with E-state index in [-0.39, 0.29) is 11.5 Å². The highest BCUT2D eigenvalue weighted by Crippen LogP contribution is 2.14. The first-order chi connectivity index (χ1) is 9.47. The highest BCUT2D eigenvalue weighted by atomic mass is 19.1. The summed E-state index contributed by atoms with van der Waals surface area (Å²) < 4.78 is 13.8. The first kappa shape index (κ1) is 14.3. The monoisotopic (exact) mass is 271 g/mol. The summed E-state index contributed by atoms with van der Waals surface area (Å²) in [5.74, 6) is -0.768. The van der Waals surface area contributed by atoms with Gasteiger partial charge in [0.1, 0.15) is 5.82 Å². The SMILES string of the molecule is Cc1cccc(CN(C)C(=O)c2ccc(C)cc2F)c1. The van der Waals surface area contributed by atoms with Crippen molar-refractivity contribution in [2.45, 2.75) is 20.4 Å². The molecule has 2 aromatic carbocycles. The molecule has 0 atom stereocenters. The molecule has 1 amide bonds. The molecule has 0 spiro atoms. The summed E-state index contributed by atoms with van der Waals surface area (Å²) in [6.07, 6.45) is 0. The third-order valence-corrected chi connectivity index (χ3v) is 3.20. The van der Waals surface area contributed by atoms with Crippen LogP contribution in [0.1, 0.15) is 27.0 Å². The van der Waals surface area contributed by atoms with E-state index in [2.05, 4.69) is 0 Å². The molecule has 20 heavy (non-hydrogen) atoms. The summed E-state index contributed by atoms with van der Waals surface area (Å²) in [5, 5.41) is 0. The fraction of sp³-hybridized carbons (Fsp3) is 0.235. The average Bonchev–Trinajstić information content (AvgIpc) is 2.38. The molecule has 0 fully saturated rings. The Morgan fingerprint density at radius 2 is 1.80 bits per heavy atom. The van der Waals surface area contributed by atoms with Gasteiger partial charge >= 0.3 is 0 Å². The van der Waals surface area contributed by atoms with E-state index in [0.29, 0.717) is 6.54 Å². The van der Waals surface area contributed by atoms with Crippen molar-refractivity contribution in [1.29, 1.82) is 0 Å². The van der Waals surface area contributed by atoms with Crippen LogP contribution in [-0.4, -0.2) is 17.9 Å². The van der Waals surface area contributed by atoms with Crippen LogP contribution in [0.2, 0.25) is 0 Å². The second kappa shape index (κ2) is 5.87. The van der Waals surface area contributed by atoms with Gasteiger partial charge in [-0.25, -0.2) is 4.39 Å². The first-order valence-electron chi connectivity index (χ1n) is 6.54. The van der Waals surface area contributed by atoms with Crippen molar-refractivity contribution in [3.05, 3.63) is 70.5 Å². The molecule has 0 aromatic heterocycles. The molecule has 2 nitrogen and oxygen atoms in total. The minimum absolute atomic E-state index is 0.116. The maximum absolute atomic E-state index is 13.8. The molecular weight excluding hydrogens is 253 g/mol. The summed E-state index contributed by atoms with van der Waals surface area (Å²) >= 11 is 0. The van der Waals surface area contributed by atoms with E-state index in [9.17, 15) is 9.18 Å². The van der Waals surface area contributed by atoms with E-state index in [1.54, 1.807) is 26.1 Å². The Hall–Kier alpha value is -2.16. The molecule has 0 heterocycles. The van der Waals surface area contributed by atoms with Gasteiger partial charge in [-0.15, -0.1) is 0 Å². The largest absolute Gasteiger partial charge is 0.337 e. The van der Waals surface area contributed by atoms with Crippen molar-refractivity contribution in [3.8, 4) is 0 Å². The predicted molar refractivity (Wildman–Crippen MR) is 78.1 cm³/mol. The van der Waals surface area contributed by atoms with Crippen molar-refractivity contribution >= 4 is 5.91 Å². The number of benzene rings is 2. The minimum Gasteiger partial charge on any atom is -0.337 e. The fourth-order valence-corrected chi connectivity index (χ4v) is 2.16. The van der Waals surface area contributed by atoms with Crippen LogP contribution in [0.25, 0.3) is 0 Å². The number of hydrogen-bond acceptors (Lipinski definition) is 1. The molecule has 3 heteroatoms. The highest BCUT2D eigenvalue weighted by Gasteiger charge is 2.16. The Morgan fingerprint density at radius 3 is 2.45 bits per heavy atom. The summed E-state index contributed by atoms with van der Waals surface area (Å²) in [4.78, 5) is 13.8. The van der Waals surface area contributed by atoms with E-state index >= 15 is 0 Å². The van der Waals surface area contributed by atoms with Crippen molar-refractivity contribution in [2.24, 2.45) is 0 Å². The molecule has 0 saturated heterocycles. The summed E-state index contributed by atoms with van der Waals surface area (Å²) in [6.45, 7) is 4.27. The van der Waals surface area contributed by atoms with Crippen molar-refractivity contribution in [1.82, 2.24) is 4.90 Å². The van der Waals surface area contributed by atoms with E-state index in [4.69, 9.17) is 0 Å². The lowest BCUT2D eigenvalue weighted by Gasteiger charge is -2.18. The first-order valence-corrected chi connectivity index (χ1v) is 6.54. The average molecular weight is 271 g/mol. The van der Waals surface area contributed by atoms with Crippen LogP contribution >= 0.6 is 0 Å². The van der Waals surface area contributed by atoms with Crippen molar-refractivity contribution < 1.29 is 9.18 Å². The lowest BCUT2D eigenvalue weighted by atomic mass is 10.1. The maximum Gasteiger partial charge on any atom is 0.256 e. The van der Waals surface area contributed by atoms with E-state index in [1.807, 2.05) is 31.2 Å². The van der Waals surface area contributed by atoms with Crippen molar-refractivity contribution in [3.63, 3.8) is 0 Å². The van der Waals surface area contributed by atoms with Crippen LogP contribution in [0.4, 0.5) is 4.39 Å². The van der Waals surface area contributed by atoms with Gasteiger partial charge in [-0.05, 0) is 37.1 Å². The van der Waals surface area contributed by atoms with E-state index in [1.165, 1.54) is 11.0 Å². The molecule has 0 N–H and O–H groups in total. The van der Waals surface area contributed by atoms with Crippen LogP contribution in [0.5, 0.6) is 0 Å². The predicted octanol–water partition coefficient (Wildman–Crippen LogP) is 3.71. The third-order valence-electron chi connectivity index (χ3n) is 3.20. The number of amides is 1. The van der Waals surface area contributed by atoms with Crippen LogP contribution in [0.15, 0.2) is 42.5 Å². The minimum atomic E-state index is -0.467. The van der Waals surface area contributed by atoms with Gasteiger partial charge in [0, 0.05) is 13.6 Å². The maximum atomic E-state index is 13.8. The van der Waals surface area contributed by atoms with Gasteiger partial charge in [0.25, 0.3) is 5.91 Å². The van der Waals surface area contributed by atoms with Crippen LogP contribution < -0.4 is 0 Å². The molecule has 2 aromatic rings. The van der Waals surface area contributed by atoms with Crippen LogP contribution in [-0.2, 0) is 6.54 Å². The number of halogens is 1. The zero-order valence-electron chi connectivity index (χ0n) is 12.0. The molecule has 0 aliphatic carbocycles. The quantitative estimate of drug-likeness (QED) is 0.833. The summed E-state index contributed by atoms with van der Waals surface area (Å²) in [6, 6.07) is 12.6. The second-order valence-corrected chi connectivity index (χ2v) is 5.13. The van der Waals surface area contributed by atoms with E-state index < -0.39 is 5.82 Å². The second-order valence-electron chi connectivity index (χ2n) is 5.13. The molecular formula is C17H18FNO. The van der Waals surface area contributed by atoms with Gasteiger partial charge in [-0.2, -0.15) is 0 Å². The molecule has 2 rings (SSSR count). The number of hydrogen-bond donors (Lipinski definition) is 0. The molecule has 104 valence electrons. The van der Waals surface area contributed by atoms with Gasteiger partial charge in [0.05, 0.1) is 5.56 Å². The number of rotatable bonds is 3. The van der Waals surface area contributed by atoms with Crippen LogP contribution in [0, 0.1) is 19.7 Å². The lowest BCUT2D eigenvalue weighted by Crippen LogP contribution is -2.27. The van der Waals surface area contributed by atoms with Crippen LogP contribution in [0.3, 0.4) is 0 Å². The molecule has 0 saturated carbocycles. The zero-order chi connectivity index (χ0) is 14.7. The van der Waals surface area contributed by atoms with Gasteiger partial charge < -0.3 is 4.90 Å². The Morgan fingerprint density at radius 1 is 1.10 bits per heavy atom. The number of nitrogens with zero attached hydrogens (tertiary/aromatic N) is 1.